The van der Waals surface area contributed by atoms with E-state index >= 15 is 0 Å². The summed E-state index contributed by atoms with van der Waals surface area (Å²) in [6, 6.07) is 73.3. The number of nitrogens with zero attached hydrogens (tertiary/aromatic N) is 5. The normalized spacial score (nSPS) is 11.5. The van der Waals surface area contributed by atoms with Gasteiger partial charge in [-0.25, -0.2) is 19.5 Å². The minimum Gasteiger partial charge on any atom is -0.456 e. The number of para-hydroxylation sites is 1. The van der Waals surface area contributed by atoms with Crippen molar-refractivity contribution in [2.45, 2.75) is 0 Å². The third-order valence-electron chi connectivity index (χ3n) is 11.7. The lowest BCUT2D eigenvalue weighted by Crippen LogP contribution is -2.00. The molecule has 0 spiro atoms. The molecule has 0 aliphatic rings. The van der Waals surface area contributed by atoms with Crippen molar-refractivity contribution in [3.63, 3.8) is 0 Å². The van der Waals surface area contributed by atoms with E-state index in [0.717, 1.165) is 99.7 Å². The van der Waals surface area contributed by atoms with Crippen LogP contribution in [0.25, 0.3) is 117 Å². The van der Waals surface area contributed by atoms with Gasteiger partial charge in [0.25, 0.3) is 0 Å². The predicted molar refractivity (Wildman–Crippen MR) is 251 cm³/mol. The van der Waals surface area contributed by atoms with Gasteiger partial charge in [-0.05, 0) is 46.3 Å². The fourth-order valence-electron chi connectivity index (χ4n) is 8.75. The molecule has 0 unspecified atom stereocenters. The molecule has 290 valence electrons. The van der Waals surface area contributed by atoms with Gasteiger partial charge < -0.3 is 4.42 Å². The van der Waals surface area contributed by atoms with E-state index in [2.05, 4.69) is 150 Å². The van der Waals surface area contributed by atoms with Crippen LogP contribution in [0.5, 0.6) is 0 Å². The van der Waals surface area contributed by atoms with E-state index in [-0.39, 0.29) is 0 Å². The van der Waals surface area contributed by atoms with Gasteiger partial charge >= 0.3 is 0 Å². The molecule has 62 heavy (non-hydrogen) atoms. The van der Waals surface area contributed by atoms with Crippen LogP contribution >= 0.6 is 0 Å². The SMILES string of the molecule is c1ccc(-c2nc(-c3ccc(-c4c(-c5ccccc5)nn5c(-c6ccccc6)cc6ccccc6c45)cc3)nc(-c3cccc(-c4cccc5oc6ccccc6c45)c3)n2)cc1. The molecule has 0 bridgehead atoms. The van der Waals surface area contributed by atoms with Crippen molar-refractivity contribution >= 4 is 38.2 Å². The Bertz CT molecular complexity index is 3610. The van der Waals surface area contributed by atoms with E-state index in [9.17, 15) is 0 Å². The van der Waals surface area contributed by atoms with Crippen molar-refractivity contribution in [1.82, 2.24) is 24.6 Å². The van der Waals surface area contributed by atoms with Gasteiger partial charge in [-0.2, -0.15) is 5.10 Å². The highest BCUT2D eigenvalue weighted by Gasteiger charge is 2.22. The summed E-state index contributed by atoms with van der Waals surface area (Å²) in [5, 5.41) is 9.86. The van der Waals surface area contributed by atoms with Crippen LogP contribution in [0.3, 0.4) is 0 Å². The molecule has 6 heteroatoms. The molecule has 4 aromatic heterocycles. The Morgan fingerprint density at radius 2 is 0.903 bits per heavy atom. The molecule has 0 atom stereocenters. The number of rotatable bonds is 7. The second-order valence-corrected chi connectivity index (χ2v) is 15.4. The Morgan fingerprint density at radius 1 is 0.371 bits per heavy atom. The predicted octanol–water partition coefficient (Wildman–Crippen LogP) is 14.2. The Balaban J connectivity index is 1.01. The molecular formula is C56H35N5O. The van der Waals surface area contributed by atoms with Crippen molar-refractivity contribution in [3.05, 3.63) is 212 Å². The van der Waals surface area contributed by atoms with E-state index in [1.807, 2.05) is 66.7 Å². The summed E-state index contributed by atoms with van der Waals surface area (Å²) in [7, 11) is 0. The van der Waals surface area contributed by atoms with Gasteiger partial charge in [-0.15, -0.1) is 0 Å². The number of hydrogen-bond acceptors (Lipinski definition) is 5. The fraction of sp³-hybridized carbons (Fsp3) is 0. The first-order chi connectivity index (χ1) is 30.7. The standard InChI is InChI=1S/C56H35N5O/c1-4-16-36(17-5-1)47-35-42-22-10-11-25-45(42)53-50(52(60-61(47)53)38-18-6-2-7-19-38)37-30-32-40(33-31-37)55-57-54(39-20-8-3-9-21-39)58-56(59-55)43-24-14-23-41(34-43)44-27-15-29-49-51(44)46-26-12-13-28-48(46)62-49/h1-35H. The highest BCUT2D eigenvalue weighted by atomic mass is 16.3. The van der Waals surface area contributed by atoms with Crippen LogP contribution in [0.2, 0.25) is 0 Å². The summed E-state index contributed by atoms with van der Waals surface area (Å²) in [5.74, 6) is 1.79. The maximum atomic E-state index is 6.25. The molecule has 12 aromatic rings. The van der Waals surface area contributed by atoms with Crippen LogP contribution in [0, 0.1) is 0 Å². The Labute approximate surface area is 357 Å². The van der Waals surface area contributed by atoms with E-state index in [0.29, 0.717) is 17.5 Å². The van der Waals surface area contributed by atoms with Crippen molar-refractivity contribution in [3.8, 4) is 78.9 Å². The molecule has 0 saturated carbocycles. The van der Waals surface area contributed by atoms with Crippen LogP contribution in [0.1, 0.15) is 0 Å². The first kappa shape index (κ1) is 35.5. The van der Waals surface area contributed by atoms with Gasteiger partial charge in [-0.3, -0.25) is 0 Å². The second kappa shape index (κ2) is 14.7. The highest BCUT2D eigenvalue weighted by molar-refractivity contribution is 6.12. The zero-order valence-electron chi connectivity index (χ0n) is 33.4. The first-order valence-corrected chi connectivity index (χ1v) is 20.7. The quantitative estimate of drug-likeness (QED) is 0.161. The van der Waals surface area contributed by atoms with Crippen molar-refractivity contribution in [2.24, 2.45) is 0 Å². The average molecular weight is 794 g/mol. The van der Waals surface area contributed by atoms with Crippen LogP contribution in [-0.4, -0.2) is 24.6 Å². The molecule has 0 amide bonds. The lowest BCUT2D eigenvalue weighted by atomic mass is 9.96. The van der Waals surface area contributed by atoms with Gasteiger partial charge in [-0.1, -0.05) is 188 Å². The maximum Gasteiger partial charge on any atom is 0.164 e. The molecule has 8 aromatic carbocycles. The van der Waals surface area contributed by atoms with E-state index in [1.165, 1.54) is 0 Å². The highest BCUT2D eigenvalue weighted by Crippen LogP contribution is 2.42. The zero-order chi connectivity index (χ0) is 41.0. The number of aromatic nitrogens is 5. The van der Waals surface area contributed by atoms with Crippen LogP contribution in [0.4, 0.5) is 0 Å². The largest absolute Gasteiger partial charge is 0.456 e. The van der Waals surface area contributed by atoms with Crippen LogP contribution < -0.4 is 0 Å². The molecule has 6 nitrogen and oxygen atoms in total. The third kappa shape index (κ3) is 6.04. The molecule has 0 saturated heterocycles. The summed E-state index contributed by atoms with van der Waals surface area (Å²) < 4.78 is 8.37. The number of hydrogen-bond donors (Lipinski definition) is 0. The van der Waals surface area contributed by atoms with E-state index < -0.39 is 0 Å². The van der Waals surface area contributed by atoms with Gasteiger partial charge in [0.05, 0.1) is 11.2 Å². The molecule has 4 heterocycles. The van der Waals surface area contributed by atoms with Crippen LogP contribution in [-0.2, 0) is 0 Å². The van der Waals surface area contributed by atoms with Gasteiger partial charge in [0.1, 0.15) is 16.9 Å². The molecular weight excluding hydrogens is 759 g/mol. The molecule has 0 aliphatic carbocycles. The zero-order valence-corrected chi connectivity index (χ0v) is 33.4. The minimum atomic E-state index is 0.591. The van der Waals surface area contributed by atoms with Crippen molar-refractivity contribution in [1.29, 1.82) is 0 Å². The minimum absolute atomic E-state index is 0.591. The lowest BCUT2D eigenvalue weighted by Gasteiger charge is -2.12. The number of furan rings is 1. The molecule has 12 rings (SSSR count). The number of benzene rings is 8. The van der Waals surface area contributed by atoms with Gasteiger partial charge in [0, 0.05) is 49.5 Å². The van der Waals surface area contributed by atoms with Crippen LogP contribution in [0.15, 0.2) is 217 Å². The topological polar surface area (TPSA) is 69.1 Å². The van der Waals surface area contributed by atoms with Crippen molar-refractivity contribution in [2.75, 3.05) is 0 Å². The number of fused-ring (bicyclic) bond motifs is 6. The first-order valence-electron chi connectivity index (χ1n) is 20.7. The Hall–Kier alpha value is -8.48. The smallest absolute Gasteiger partial charge is 0.164 e. The van der Waals surface area contributed by atoms with E-state index in [1.54, 1.807) is 0 Å². The number of pyridine rings is 1. The lowest BCUT2D eigenvalue weighted by molar-refractivity contribution is 0.669. The summed E-state index contributed by atoms with van der Waals surface area (Å²) >= 11 is 0. The summed E-state index contributed by atoms with van der Waals surface area (Å²) in [5.41, 5.74) is 13.8. The molecule has 0 fully saturated rings. The van der Waals surface area contributed by atoms with Gasteiger partial charge in [0.2, 0.25) is 0 Å². The maximum absolute atomic E-state index is 6.25. The monoisotopic (exact) mass is 793 g/mol. The summed E-state index contributed by atoms with van der Waals surface area (Å²) in [4.78, 5) is 15.3. The van der Waals surface area contributed by atoms with Crippen molar-refractivity contribution < 1.29 is 4.42 Å². The van der Waals surface area contributed by atoms with E-state index in [4.69, 9.17) is 24.5 Å². The van der Waals surface area contributed by atoms with Gasteiger partial charge in [0.15, 0.2) is 17.5 Å². The summed E-state index contributed by atoms with van der Waals surface area (Å²) in [6.07, 6.45) is 0. The third-order valence-corrected chi connectivity index (χ3v) is 11.7. The Morgan fingerprint density at radius 3 is 1.65 bits per heavy atom. The Kier molecular flexibility index (Phi) is 8.38. The molecule has 0 aliphatic heterocycles. The molecule has 0 N–H and O–H groups in total. The second-order valence-electron chi connectivity index (χ2n) is 15.4. The summed E-state index contributed by atoms with van der Waals surface area (Å²) in [6.45, 7) is 0. The molecule has 0 radical (unpaired) electrons. The average Bonchev–Trinajstić information content (AvgIpc) is 3.95. The fourth-order valence-corrected chi connectivity index (χ4v) is 8.75.